The molecule has 1 fully saturated rings. The van der Waals surface area contributed by atoms with Crippen LogP contribution < -0.4 is 4.72 Å². The van der Waals surface area contributed by atoms with Gasteiger partial charge in [-0.15, -0.1) is 0 Å². The van der Waals surface area contributed by atoms with Crippen LogP contribution in [0.1, 0.15) is 5.56 Å². The van der Waals surface area contributed by atoms with Gasteiger partial charge in [0.1, 0.15) is 0 Å². The molecule has 10 heteroatoms. The van der Waals surface area contributed by atoms with Gasteiger partial charge < -0.3 is 9.47 Å². The molecule has 0 spiro atoms. The minimum absolute atomic E-state index is 0.0889. The van der Waals surface area contributed by atoms with E-state index in [1.54, 1.807) is 4.72 Å². The van der Waals surface area contributed by atoms with Gasteiger partial charge >= 0.3 is 6.18 Å². The minimum atomic E-state index is -4.57. The summed E-state index contributed by atoms with van der Waals surface area (Å²) in [5, 5.41) is 0. The quantitative estimate of drug-likeness (QED) is 0.886. The molecule has 1 atom stereocenters. The molecule has 1 aliphatic heterocycles. The number of hydrogen-bond acceptors (Lipinski definition) is 5. The fourth-order valence-corrected chi connectivity index (χ4v) is 2.73. The average Bonchev–Trinajstić information content (AvgIpc) is 2.47. The first-order chi connectivity index (χ1) is 10.2. The van der Waals surface area contributed by atoms with Crippen molar-refractivity contribution in [3.05, 3.63) is 29.8 Å². The van der Waals surface area contributed by atoms with E-state index in [9.17, 15) is 26.4 Å². The summed E-state index contributed by atoms with van der Waals surface area (Å²) in [7, 11) is -4.27. The van der Waals surface area contributed by atoms with Crippen LogP contribution in [0.5, 0.6) is 0 Å². The Kier molecular flexibility index (Phi) is 4.73. The largest absolute Gasteiger partial charge is 0.416 e. The molecule has 0 saturated carbocycles. The molecule has 1 aliphatic rings. The smallest absolute Gasteiger partial charge is 0.376 e. The summed E-state index contributed by atoms with van der Waals surface area (Å²) < 4.78 is 72.9. The minimum Gasteiger partial charge on any atom is -0.376 e. The summed E-state index contributed by atoms with van der Waals surface area (Å²) in [6.45, 7) is 0.363. The number of amides is 1. The number of hydrogen-bond donors (Lipinski definition) is 1. The van der Waals surface area contributed by atoms with Crippen LogP contribution in [-0.4, -0.2) is 40.2 Å². The van der Waals surface area contributed by atoms with Crippen LogP contribution in [0.15, 0.2) is 29.2 Å². The van der Waals surface area contributed by atoms with E-state index in [2.05, 4.69) is 0 Å². The summed E-state index contributed by atoms with van der Waals surface area (Å²) in [6.07, 6.45) is -5.64. The van der Waals surface area contributed by atoms with Crippen molar-refractivity contribution < 1.29 is 35.9 Å². The van der Waals surface area contributed by atoms with Crippen molar-refractivity contribution in [3.8, 4) is 0 Å². The Labute approximate surface area is 124 Å². The molecular formula is C12H12F3NO5S. The topological polar surface area (TPSA) is 81.7 Å². The Hall–Kier alpha value is -1.65. The van der Waals surface area contributed by atoms with E-state index in [1.807, 2.05) is 0 Å². The molecule has 1 heterocycles. The Bertz CT molecular complexity index is 636. The molecule has 6 nitrogen and oxygen atoms in total. The zero-order valence-corrected chi connectivity index (χ0v) is 11.9. The fourth-order valence-electron chi connectivity index (χ4n) is 1.72. The van der Waals surface area contributed by atoms with Gasteiger partial charge in [-0.3, -0.25) is 4.79 Å². The SMILES string of the molecule is O=C(NS(=O)(=O)c1ccc(C(F)(F)F)cc1)[C@H]1COCCO1. The van der Waals surface area contributed by atoms with Crippen LogP contribution in [0.25, 0.3) is 0 Å². The predicted octanol–water partition coefficient (Wildman–Crippen LogP) is 0.926. The lowest BCUT2D eigenvalue weighted by Gasteiger charge is -2.21. The number of carbonyl (C=O) groups is 1. The second kappa shape index (κ2) is 6.23. The number of benzene rings is 1. The first kappa shape index (κ1) is 16.7. The highest BCUT2D eigenvalue weighted by atomic mass is 32.2. The predicted molar refractivity (Wildman–Crippen MR) is 67.3 cm³/mol. The fraction of sp³-hybridized carbons (Fsp3) is 0.417. The van der Waals surface area contributed by atoms with Gasteiger partial charge in [-0.2, -0.15) is 13.2 Å². The highest BCUT2D eigenvalue weighted by Gasteiger charge is 2.31. The second-order valence-electron chi connectivity index (χ2n) is 4.43. The van der Waals surface area contributed by atoms with Crippen molar-refractivity contribution in [2.75, 3.05) is 19.8 Å². The molecule has 1 N–H and O–H groups in total. The molecular weight excluding hydrogens is 327 g/mol. The van der Waals surface area contributed by atoms with Crippen LogP contribution in [0.3, 0.4) is 0 Å². The third-order valence-electron chi connectivity index (χ3n) is 2.84. The summed E-state index contributed by atoms with van der Waals surface area (Å²) in [5.74, 6) is -0.931. The van der Waals surface area contributed by atoms with E-state index < -0.39 is 38.7 Å². The first-order valence-corrected chi connectivity index (χ1v) is 7.62. The van der Waals surface area contributed by atoms with Crippen molar-refractivity contribution in [1.82, 2.24) is 4.72 Å². The van der Waals surface area contributed by atoms with E-state index in [0.717, 1.165) is 12.1 Å². The van der Waals surface area contributed by atoms with Gasteiger partial charge in [0.15, 0.2) is 6.10 Å². The molecule has 2 rings (SSSR count). The third-order valence-corrected chi connectivity index (χ3v) is 4.20. The van der Waals surface area contributed by atoms with Gasteiger partial charge in [-0.05, 0) is 24.3 Å². The maximum Gasteiger partial charge on any atom is 0.416 e. The number of alkyl halides is 3. The van der Waals surface area contributed by atoms with Gasteiger partial charge in [0, 0.05) is 0 Å². The van der Waals surface area contributed by atoms with Gasteiger partial charge in [0.2, 0.25) is 0 Å². The number of nitrogens with one attached hydrogen (secondary N) is 1. The van der Waals surface area contributed by atoms with Crippen molar-refractivity contribution in [3.63, 3.8) is 0 Å². The lowest BCUT2D eigenvalue weighted by Crippen LogP contribution is -2.44. The maximum absolute atomic E-state index is 12.4. The molecule has 1 amide bonds. The Balaban J connectivity index is 2.11. The summed E-state index contributed by atoms with van der Waals surface area (Å²) in [4.78, 5) is 11.3. The van der Waals surface area contributed by atoms with Crippen molar-refractivity contribution in [1.29, 1.82) is 0 Å². The van der Waals surface area contributed by atoms with Gasteiger partial charge in [0.05, 0.1) is 30.3 Å². The number of rotatable bonds is 3. The van der Waals surface area contributed by atoms with Gasteiger partial charge in [0.25, 0.3) is 15.9 Å². The third kappa shape index (κ3) is 3.96. The number of carbonyl (C=O) groups excluding carboxylic acids is 1. The monoisotopic (exact) mass is 339 g/mol. The van der Waals surface area contributed by atoms with Crippen LogP contribution in [0.2, 0.25) is 0 Å². The van der Waals surface area contributed by atoms with Crippen molar-refractivity contribution >= 4 is 15.9 Å². The van der Waals surface area contributed by atoms with Gasteiger partial charge in [-0.1, -0.05) is 0 Å². The maximum atomic E-state index is 12.4. The van der Waals surface area contributed by atoms with E-state index in [4.69, 9.17) is 9.47 Å². The molecule has 1 saturated heterocycles. The van der Waals surface area contributed by atoms with Crippen molar-refractivity contribution in [2.24, 2.45) is 0 Å². The van der Waals surface area contributed by atoms with Crippen LogP contribution in [0.4, 0.5) is 13.2 Å². The molecule has 0 bridgehead atoms. The van der Waals surface area contributed by atoms with Gasteiger partial charge in [-0.25, -0.2) is 13.1 Å². The highest BCUT2D eigenvalue weighted by Crippen LogP contribution is 2.29. The highest BCUT2D eigenvalue weighted by molar-refractivity contribution is 7.90. The molecule has 1 aromatic rings. The average molecular weight is 339 g/mol. The molecule has 0 unspecified atom stereocenters. The zero-order chi connectivity index (χ0) is 16.4. The number of sulfonamides is 1. The van der Waals surface area contributed by atoms with E-state index in [-0.39, 0.29) is 13.2 Å². The van der Waals surface area contributed by atoms with E-state index in [1.165, 1.54) is 0 Å². The Morgan fingerprint density at radius 1 is 1.18 bits per heavy atom. The zero-order valence-electron chi connectivity index (χ0n) is 11.1. The molecule has 0 aliphatic carbocycles. The number of halogens is 3. The number of ether oxygens (including phenoxy) is 2. The molecule has 22 heavy (non-hydrogen) atoms. The summed E-state index contributed by atoms with van der Waals surface area (Å²) >= 11 is 0. The van der Waals surface area contributed by atoms with Crippen molar-refractivity contribution in [2.45, 2.75) is 17.2 Å². The lowest BCUT2D eigenvalue weighted by atomic mass is 10.2. The molecule has 122 valence electrons. The Morgan fingerprint density at radius 3 is 2.32 bits per heavy atom. The van der Waals surface area contributed by atoms with E-state index in [0.29, 0.717) is 18.7 Å². The second-order valence-corrected chi connectivity index (χ2v) is 6.11. The Morgan fingerprint density at radius 2 is 1.82 bits per heavy atom. The van der Waals surface area contributed by atoms with E-state index >= 15 is 0 Å². The van der Waals surface area contributed by atoms with Crippen LogP contribution in [0, 0.1) is 0 Å². The van der Waals surface area contributed by atoms with Crippen LogP contribution >= 0.6 is 0 Å². The molecule has 0 aromatic heterocycles. The molecule has 1 aromatic carbocycles. The summed E-state index contributed by atoms with van der Waals surface area (Å²) in [6, 6.07) is 2.80. The molecule has 0 radical (unpaired) electrons. The summed E-state index contributed by atoms with van der Waals surface area (Å²) in [5.41, 5.74) is -0.984. The lowest BCUT2D eigenvalue weighted by molar-refractivity contribution is -0.145. The normalized spacial score (nSPS) is 19.7. The standard InChI is InChI=1S/C12H12F3NO5S/c13-12(14,15)8-1-3-9(4-2-8)22(18,19)16-11(17)10-7-20-5-6-21-10/h1-4,10H,5-7H2,(H,16,17)/t10-/m1/s1. The first-order valence-electron chi connectivity index (χ1n) is 6.13. The van der Waals surface area contributed by atoms with Crippen LogP contribution in [-0.2, 0) is 30.5 Å².